The second kappa shape index (κ2) is 7.55. The second-order valence-corrected chi connectivity index (χ2v) is 13.0. The molecule has 1 rings (SSSR count). The molecule has 1 fully saturated rings. The lowest BCUT2D eigenvalue weighted by Crippen LogP contribution is -2.55. The number of likely N-dealkylation sites (N-methyl/N-ethyl adjacent to an activating group) is 1. The van der Waals surface area contributed by atoms with E-state index in [9.17, 15) is 14.4 Å². The highest BCUT2D eigenvalue weighted by atomic mass is 28.4. The number of hydrogen-bond acceptors (Lipinski definition) is 6. The summed E-state index contributed by atoms with van der Waals surface area (Å²) >= 11 is 0. The van der Waals surface area contributed by atoms with E-state index in [2.05, 4.69) is 33.9 Å². The quantitative estimate of drug-likeness (QED) is 0.544. The van der Waals surface area contributed by atoms with Crippen molar-refractivity contribution in [3.63, 3.8) is 0 Å². The molecule has 1 saturated heterocycles. The summed E-state index contributed by atoms with van der Waals surface area (Å²) in [7, 11) is -0.489. The first-order valence-electron chi connectivity index (χ1n) is 8.60. The zero-order chi connectivity index (χ0) is 19.7. The van der Waals surface area contributed by atoms with Crippen molar-refractivity contribution < 1.29 is 23.5 Å². The van der Waals surface area contributed by atoms with Crippen LogP contribution in [0.3, 0.4) is 0 Å². The maximum atomic E-state index is 12.3. The molecule has 0 unspecified atom stereocenters. The molecule has 25 heavy (non-hydrogen) atoms. The Morgan fingerprint density at radius 1 is 1.24 bits per heavy atom. The van der Waals surface area contributed by atoms with E-state index in [4.69, 9.17) is 9.16 Å². The number of rotatable bonds is 5. The minimum atomic E-state index is -2.18. The number of nitrogens with zero attached hydrogens (tertiary/aromatic N) is 2. The van der Waals surface area contributed by atoms with Gasteiger partial charge in [-0.2, -0.15) is 0 Å². The van der Waals surface area contributed by atoms with Crippen LogP contribution < -0.4 is 0 Å². The largest absolute Gasteiger partial charge is 0.460 e. The number of carbonyl (C=O) groups is 3. The predicted octanol–water partition coefficient (Wildman–Crippen LogP) is 2.32. The number of hydrogen-bond donors (Lipinski definition) is 0. The minimum absolute atomic E-state index is 0.0390. The summed E-state index contributed by atoms with van der Waals surface area (Å²) in [5.41, 5.74) is 0. The molecule has 0 aromatic heterocycles. The van der Waals surface area contributed by atoms with Crippen molar-refractivity contribution in [3.05, 3.63) is 0 Å². The fourth-order valence-corrected chi connectivity index (χ4v) is 4.16. The van der Waals surface area contributed by atoms with E-state index in [-0.39, 0.29) is 29.3 Å². The van der Waals surface area contributed by atoms with Gasteiger partial charge in [-0.15, -0.1) is 0 Å². The molecule has 0 N–H and O–H groups in total. The highest BCUT2D eigenvalue weighted by Gasteiger charge is 2.48. The zero-order valence-electron chi connectivity index (χ0n) is 16.9. The molecule has 7 nitrogen and oxygen atoms in total. The lowest BCUT2D eigenvalue weighted by Gasteiger charge is -2.43. The third-order valence-corrected chi connectivity index (χ3v) is 9.62. The summed E-state index contributed by atoms with van der Waals surface area (Å²) < 4.78 is 11.9. The van der Waals surface area contributed by atoms with Crippen molar-refractivity contribution in [3.8, 4) is 0 Å². The molecule has 1 aliphatic heterocycles. The van der Waals surface area contributed by atoms with Crippen LogP contribution in [0.5, 0.6) is 0 Å². The fourth-order valence-electron chi connectivity index (χ4n) is 2.78. The van der Waals surface area contributed by atoms with Gasteiger partial charge in [0.05, 0.1) is 12.1 Å². The van der Waals surface area contributed by atoms with Gasteiger partial charge in [0.1, 0.15) is 6.10 Å². The van der Waals surface area contributed by atoms with E-state index < -0.39 is 26.5 Å². The molecule has 0 aliphatic carbocycles. The van der Waals surface area contributed by atoms with Gasteiger partial charge in [-0.05, 0) is 25.1 Å². The van der Waals surface area contributed by atoms with Crippen LogP contribution in [0.2, 0.25) is 18.1 Å². The normalized spacial score (nSPS) is 22.0. The van der Waals surface area contributed by atoms with Gasteiger partial charge >= 0.3 is 5.97 Å². The van der Waals surface area contributed by atoms with Crippen molar-refractivity contribution >= 4 is 26.1 Å². The van der Waals surface area contributed by atoms with Crippen LogP contribution in [0.25, 0.3) is 0 Å². The molecule has 144 valence electrons. The van der Waals surface area contributed by atoms with Gasteiger partial charge in [0.25, 0.3) is 0 Å². The SMILES string of the molecule is CC(=O)O[C@@H](C)[C@H](O[Si](C)(C)C(C)(C)C)[C@H]1CC(=O)N(C(C)=O)N1C. The first kappa shape index (κ1) is 21.8. The summed E-state index contributed by atoms with van der Waals surface area (Å²) in [4.78, 5) is 35.5. The predicted molar refractivity (Wildman–Crippen MR) is 97.0 cm³/mol. The van der Waals surface area contributed by atoms with E-state index in [0.717, 1.165) is 5.01 Å². The fraction of sp³-hybridized carbons (Fsp3) is 0.824. The average Bonchev–Trinajstić information content (AvgIpc) is 2.68. The van der Waals surface area contributed by atoms with Crippen molar-refractivity contribution in [1.29, 1.82) is 0 Å². The number of imide groups is 1. The smallest absolute Gasteiger partial charge is 0.302 e. The molecule has 0 spiro atoms. The molecule has 8 heteroatoms. The number of ether oxygens (including phenoxy) is 1. The molecule has 1 heterocycles. The van der Waals surface area contributed by atoms with Crippen molar-refractivity contribution in [2.45, 2.75) is 84.3 Å². The average molecular weight is 373 g/mol. The van der Waals surface area contributed by atoms with Crippen molar-refractivity contribution in [2.24, 2.45) is 0 Å². The molecule has 1 aliphatic rings. The zero-order valence-corrected chi connectivity index (χ0v) is 17.9. The van der Waals surface area contributed by atoms with Crippen LogP contribution in [0.4, 0.5) is 0 Å². The van der Waals surface area contributed by atoms with E-state index in [0.29, 0.717) is 0 Å². The molecule has 0 bridgehead atoms. The Kier molecular flexibility index (Phi) is 6.58. The molecule has 2 amide bonds. The first-order valence-corrected chi connectivity index (χ1v) is 11.5. The molecule has 0 saturated carbocycles. The Balaban J connectivity index is 3.17. The molecule has 0 aromatic rings. The number of carbonyl (C=O) groups excluding carboxylic acids is 3. The monoisotopic (exact) mass is 372 g/mol. The van der Waals surface area contributed by atoms with E-state index in [1.807, 2.05) is 0 Å². The third kappa shape index (κ3) is 4.89. The van der Waals surface area contributed by atoms with Crippen LogP contribution in [0.1, 0.15) is 48.0 Å². The van der Waals surface area contributed by atoms with E-state index in [1.165, 1.54) is 13.8 Å². The minimum Gasteiger partial charge on any atom is -0.460 e. The van der Waals surface area contributed by atoms with Gasteiger partial charge in [-0.3, -0.25) is 14.4 Å². The summed E-state index contributed by atoms with van der Waals surface area (Å²) in [5.74, 6) is -0.994. The number of esters is 1. The molecule has 3 atom stereocenters. The van der Waals surface area contributed by atoms with Gasteiger partial charge in [0, 0.05) is 27.3 Å². The third-order valence-electron chi connectivity index (χ3n) is 5.14. The Hall–Kier alpha value is -1.25. The lowest BCUT2D eigenvalue weighted by molar-refractivity contribution is -0.161. The maximum Gasteiger partial charge on any atom is 0.302 e. The van der Waals surface area contributed by atoms with Gasteiger partial charge < -0.3 is 9.16 Å². The lowest BCUT2D eigenvalue weighted by atomic mass is 10.0. The Labute approximate surface area is 151 Å². The molecule has 0 aromatic carbocycles. The van der Waals surface area contributed by atoms with Crippen molar-refractivity contribution in [1.82, 2.24) is 10.0 Å². The Morgan fingerprint density at radius 3 is 2.12 bits per heavy atom. The molecule has 0 radical (unpaired) electrons. The van der Waals surface area contributed by atoms with Crippen LogP contribution >= 0.6 is 0 Å². The van der Waals surface area contributed by atoms with Crippen LogP contribution in [0, 0.1) is 0 Å². The van der Waals surface area contributed by atoms with Gasteiger partial charge in [-0.25, -0.2) is 10.0 Å². The second-order valence-electron chi connectivity index (χ2n) is 8.23. The first-order chi connectivity index (χ1) is 11.2. The van der Waals surface area contributed by atoms with Crippen LogP contribution in [-0.4, -0.2) is 61.4 Å². The maximum absolute atomic E-state index is 12.3. The van der Waals surface area contributed by atoms with Gasteiger partial charge in [-0.1, -0.05) is 20.8 Å². The van der Waals surface area contributed by atoms with E-state index in [1.54, 1.807) is 19.0 Å². The molecular weight excluding hydrogens is 340 g/mol. The number of hydrazine groups is 1. The summed E-state index contributed by atoms with van der Waals surface area (Å²) in [5, 5.41) is 2.71. The van der Waals surface area contributed by atoms with Crippen LogP contribution in [-0.2, 0) is 23.5 Å². The standard InChI is InChI=1S/C17H32N2O5Si/c1-11(23-13(3)21)16(24-25(8,9)17(4,5)6)14-10-15(22)19(12(2)20)18(14)7/h11,14,16H,10H2,1-9H3/t11-,14+,16-/m0/s1. The van der Waals surface area contributed by atoms with Crippen LogP contribution in [0.15, 0.2) is 0 Å². The van der Waals surface area contributed by atoms with E-state index >= 15 is 0 Å². The molecular formula is C17H32N2O5Si. The highest BCUT2D eigenvalue weighted by molar-refractivity contribution is 6.74. The van der Waals surface area contributed by atoms with Gasteiger partial charge in [0.2, 0.25) is 11.8 Å². The summed E-state index contributed by atoms with van der Waals surface area (Å²) in [6.07, 6.45) is -0.872. The Bertz CT molecular complexity index is 544. The van der Waals surface area contributed by atoms with Crippen molar-refractivity contribution in [2.75, 3.05) is 7.05 Å². The summed E-state index contributed by atoms with van der Waals surface area (Å²) in [6.45, 7) is 15.1. The van der Waals surface area contributed by atoms with Gasteiger partial charge in [0.15, 0.2) is 8.32 Å². The number of amides is 2. The topological polar surface area (TPSA) is 76.1 Å². The Morgan fingerprint density at radius 2 is 1.76 bits per heavy atom. The summed E-state index contributed by atoms with van der Waals surface area (Å²) in [6, 6.07) is -0.361. The highest BCUT2D eigenvalue weighted by Crippen LogP contribution is 2.39.